The summed E-state index contributed by atoms with van der Waals surface area (Å²) in [5.74, 6) is 0.313. The van der Waals surface area contributed by atoms with Crippen LogP contribution in [0.3, 0.4) is 0 Å². The first-order chi connectivity index (χ1) is 10.2. The minimum absolute atomic E-state index is 0.0223. The minimum atomic E-state index is -0.502. The molecule has 0 unspecified atom stereocenters. The smallest absolute Gasteiger partial charge is 0.254 e. The van der Waals surface area contributed by atoms with Crippen molar-refractivity contribution in [2.75, 3.05) is 26.4 Å². The van der Waals surface area contributed by atoms with E-state index in [0.29, 0.717) is 32.3 Å². The summed E-state index contributed by atoms with van der Waals surface area (Å²) in [7, 11) is 0. The SMILES string of the molecule is O=C([C@@H]1COCCO1)N(Cc1ccc(F)cc1)CC1CC1. The molecule has 0 N–H and O–H groups in total. The summed E-state index contributed by atoms with van der Waals surface area (Å²) in [5.41, 5.74) is 0.933. The molecule has 1 aliphatic carbocycles. The third kappa shape index (κ3) is 4.02. The van der Waals surface area contributed by atoms with E-state index in [1.54, 1.807) is 12.1 Å². The van der Waals surface area contributed by atoms with E-state index in [0.717, 1.165) is 12.1 Å². The van der Waals surface area contributed by atoms with E-state index in [1.165, 1.54) is 25.0 Å². The van der Waals surface area contributed by atoms with Gasteiger partial charge in [-0.1, -0.05) is 12.1 Å². The lowest BCUT2D eigenvalue weighted by Crippen LogP contribution is -2.45. The van der Waals surface area contributed by atoms with Crippen LogP contribution >= 0.6 is 0 Å². The topological polar surface area (TPSA) is 38.8 Å². The normalized spacial score (nSPS) is 22.0. The maximum absolute atomic E-state index is 13.0. The van der Waals surface area contributed by atoms with Crippen LogP contribution in [-0.4, -0.2) is 43.3 Å². The standard InChI is InChI=1S/C16H20FNO3/c17-14-5-3-13(4-6-14)10-18(9-12-1-2-12)16(19)15-11-20-7-8-21-15/h3-6,12,15H,1-2,7-11H2/t15-/m0/s1. The van der Waals surface area contributed by atoms with E-state index in [9.17, 15) is 9.18 Å². The van der Waals surface area contributed by atoms with Crippen LogP contribution < -0.4 is 0 Å². The van der Waals surface area contributed by atoms with Crippen molar-refractivity contribution in [1.82, 2.24) is 4.90 Å². The molecular weight excluding hydrogens is 273 g/mol. The van der Waals surface area contributed by atoms with Crippen LogP contribution in [0, 0.1) is 11.7 Å². The Bertz CT molecular complexity index is 481. The zero-order valence-electron chi connectivity index (χ0n) is 12.0. The molecule has 0 bridgehead atoms. The summed E-state index contributed by atoms with van der Waals surface area (Å²) in [6, 6.07) is 6.30. The van der Waals surface area contributed by atoms with E-state index < -0.39 is 6.10 Å². The Kier molecular flexibility index (Phi) is 4.51. The summed E-state index contributed by atoms with van der Waals surface area (Å²) < 4.78 is 23.8. The fraction of sp³-hybridized carbons (Fsp3) is 0.562. The van der Waals surface area contributed by atoms with Crippen molar-refractivity contribution in [3.63, 3.8) is 0 Å². The van der Waals surface area contributed by atoms with E-state index in [-0.39, 0.29) is 11.7 Å². The quantitative estimate of drug-likeness (QED) is 0.833. The Hall–Kier alpha value is -1.46. The predicted molar refractivity (Wildman–Crippen MR) is 75.1 cm³/mol. The number of benzene rings is 1. The van der Waals surface area contributed by atoms with Crippen LogP contribution in [0.2, 0.25) is 0 Å². The van der Waals surface area contributed by atoms with Crippen molar-refractivity contribution >= 4 is 5.91 Å². The largest absolute Gasteiger partial charge is 0.376 e. The maximum Gasteiger partial charge on any atom is 0.254 e. The van der Waals surface area contributed by atoms with Crippen LogP contribution in [0.15, 0.2) is 24.3 Å². The van der Waals surface area contributed by atoms with E-state index in [2.05, 4.69) is 0 Å². The molecule has 1 aromatic carbocycles. The number of rotatable bonds is 5. The number of carbonyl (C=O) groups is 1. The van der Waals surface area contributed by atoms with Gasteiger partial charge in [-0.2, -0.15) is 0 Å². The van der Waals surface area contributed by atoms with Gasteiger partial charge in [0.2, 0.25) is 0 Å². The van der Waals surface area contributed by atoms with Crippen LogP contribution in [0.5, 0.6) is 0 Å². The lowest BCUT2D eigenvalue weighted by atomic mass is 10.2. The highest BCUT2D eigenvalue weighted by Gasteiger charge is 2.32. The number of carbonyl (C=O) groups excluding carboxylic acids is 1. The lowest BCUT2D eigenvalue weighted by molar-refractivity contribution is -0.158. The van der Waals surface area contributed by atoms with Crippen LogP contribution in [0.4, 0.5) is 4.39 Å². The summed E-state index contributed by atoms with van der Waals surface area (Å²) >= 11 is 0. The molecule has 4 nitrogen and oxygen atoms in total. The van der Waals surface area contributed by atoms with Crippen LogP contribution in [-0.2, 0) is 20.8 Å². The van der Waals surface area contributed by atoms with Crippen molar-refractivity contribution < 1.29 is 18.7 Å². The molecule has 1 amide bonds. The number of nitrogens with zero attached hydrogens (tertiary/aromatic N) is 1. The van der Waals surface area contributed by atoms with E-state index in [4.69, 9.17) is 9.47 Å². The molecular formula is C16H20FNO3. The number of halogens is 1. The molecule has 1 atom stereocenters. The predicted octanol–water partition coefficient (Wildman–Crippen LogP) is 1.98. The van der Waals surface area contributed by atoms with Gasteiger partial charge in [0.1, 0.15) is 5.82 Å². The lowest BCUT2D eigenvalue weighted by Gasteiger charge is -2.29. The Morgan fingerprint density at radius 1 is 1.24 bits per heavy atom. The van der Waals surface area contributed by atoms with Gasteiger partial charge in [-0.25, -0.2) is 4.39 Å². The van der Waals surface area contributed by atoms with Crippen molar-refractivity contribution in [1.29, 1.82) is 0 Å². The zero-order valence-corrected chi connectivity index (χ0v) is 12.0. The summed E-state index contributed by atoms with van der Waals surface area (Å²) in [4.78, 5) is 14.4. The number of ether oxygens (including phenoxy) is 2. The molecule has 1 saturated heterocycles. The average molecular weight is 293 g/mol. The van der Waals surface area contributed by atoms with Gasteiger partial charge in [0.05, 0.1) is 19.8 Å². The van der Waals surface area contributed by atoms with E-state index in [1.807, 2.05) is 4.90 Å². The first-order valence-corrected chi connectivity index (χ1v) is 7.45. The van der Waals surface area contributed by atoms with Gasteiger partial charge in [0.15, 0.2) is 6.10 Å². The summed E-state index contributed by atoms with van der Waals surface area (Å²) in [6.07, 6.45) is 1.85. The van der Waals surface area contributed by atoms with Gasteiger partial charge in [-0.15, -0.1) is 0 Å². The highest BCUT2D eigenvalue weighted by atomic mass is 19.1. The molecule has 0 aromatic heterocycles. The molecule has 1 aliphatic heterocycles. The Morgan fingerprint density at radius 3 is 2.62 bits per heavy atom. The Balaban J connectivity index is 1.67. The van der Waals surface area contributed by atoms with Crippen molar-refractivity contribution in [3.8, 4) is 0 Å². The van der Waals surface area contributed by atoms with E-state index >= 15 is 0 Å². The third-order valence-electron chi connectivity index (χ3n) is 3.87. The highest BCUT2D eigenvalue weighted by Crippen LogP contribution is 2.30. The first-order valence-electron chi connectivity index (χ1n) is 7.45. The van der Waals surface area contributed by atoms with Crippen LogP contribution in [0.1, 0.15) is 18.4 Å². The van der Waals surface area contributed by atoms with Gasteiger partial charge >= 0.3 is 0 Å². The molecule has 5 heteroatoms. The summed E-state index contributed by atoms with van der Waals surface area (Å²) in [5, 5.41) is 0. The zero-order chi connectivity index (χ0) is 14.7. The number of hydrogen-bond acceptors (Lipinski definition) is 3. The van der Waals surface area contributed by atoms with Gasteiger partial charge < -0.3 is 14.4 Å². The molecule has 3 rings (SSSR count). The molecule has 1 saturated carbocycles. The third-order valence-corrected chi connectivity index (χ3v) is 3.87. The fourth-order valence-electron chi connectivity index (χ4n) is 2.49. The molecule has 1 aromatic rings. The number of hydrogen-bond donors (Lipinski definition) is 0. The fourth-order valence-corrected chi connectivity index (χ4v) is 2.49. The monoisotopic (exact) mass is 293 g/mol. The average Bonchev–Trinajstić information content (AvgIpc) is 3.33. The first kappa shape index (κ1) is 14.5. The molecule has 0 radical (unpaired) electrons. The molecule has 21 heavy (non-hydrogen) atoms. The highest BCUT2D eigenvalue weighted by molar-refractivity contribution is 5.81. The second kappa shape index (κ2) is 6.54. The van der Waals surface area contributed by atoms with Gasteiger partial charge in [-0.3, -0.25) is 4.79 Å². The maximum atomic E-state index is 13.0. The number of amides is 1. The van der Waals surface area contributed by atoms with Crippen molar-refractivity contribution in [2.24, 2.45) is 5.92 Å². The van der Waals surface area contributed by atoms with Crippen molar-refractivity contribution in [3.05, 3.63) is 35.6 Å². The van der Waals surface area contributed by atoms with Gasteiger partial charge in [0, 0.05) is 13.1 Å². The van der Waals surface area contributed by atoms with Crippen molar-refractivity contribution in [2.45, 2.75) is 25.5 Å². The second-order valence-corrected chi connectivity index (χ2v) is 5.72. The molecule has 2 fully saturated rings. The van der Waals surface area contributed by atoms with Crippen LogP contribution in [0.25, 0.3) is 0 Å². The molecule has 0 spiro atoms. The Labute approximate surface area is 123 Å². The van der Waals surface area contributed by atoms with Gasteiger partial charge in [-0.05, 0) is 36.5 Å². The Morgan fingerprint density at radius 2 is 2.00 bits per heavy atom. The van der Waals surface area contributed by atoms with Gasteiger partial charge in [0.25, 0.3) is 5.91 Å². The molecule has 114 valence electrons. The second-order valence-electron chi connectivity index (χ2n) is 5.72. The molecule has 1 heterocycles. The minimum Gasteiger partial charge on any atom is -0.376 e. The molecule has 2 aliphatic rings. The summed E-state index contributed by atoms with van der Waals surface area (Å²) in [6.45, 7) is 2.57.